The molecule has 2 fully saturated rings. The van der Waals surface area contributed by atoms with Gasteiger partial charge in [-0.2, -0.15) is 9.97 Å². The van der Waals surface area contributed by atoms with Crippen LogP contribution < -0.4 is 14.5 Å². The molecule has 2 aromatic carbocycles. The molecule has 0 radical (unpaired) electrons. The van der Waals surface area contributed by atoms with Gasteiger partial charge in [-0.15, -0.1) is 0 Å². The number of anilines is 2. The Morgan fingerprint density at radius 3 is 2.69 bits per heavy atom. The van der Waals surface area contributed by atoms with E-state index in [0.717, 1.165) is 84.2 Å². The number of benzene rings is 2. The molecule has 9 nitrogen and oxygen atoms in total. The van der Waals surface area contributed by atoms with Crippen LogP contribution in [0.15, 0.2) is 49.1 Å². The van der Waals surface area contributed by atoms with Crippen LogP contribution in [-0.2, 0) is 22.5 Å². The average Bonchev–Trinajstić information content (AvgIpc) is 3.02. The summed E-state index contributed by atoms with van der Waals surface area (Å²) in [7, 11) is 0. The van der Waals surface area contributed by atoms with Gasteiger partial charge >= 0.3 is 6.01 Å². The molecule has 3 aromatic rings. The fourth-order valence-corrected chi connectivity index (χ4v) is 6.55. The highest BCUT2D eigenvalue weighted by Crippen LogP contribution is 2.37. The first-order valence-corrected chi connectivity index (χ1v) is 15.3. The zero-order chi connectivity index (χ0) is 29.1. The van der Waals surface area contributed by atoms with Crippen LogP contribution in [-0.4, -0.2) is 97.4 Å². The van der Waals surface area contributed by atoms with Gasteiger partial charge in [0.25, 0.3) is 0 Å². The molecule has 0 unspecified atom stereocenters. The van der Waals surface area contributed by atoms with Gasteiger partial charge < -0.3 is 24.2 Å². The summed E-state index contributed by atoms with van der Waals surface area (Å²) in [4.78, 5) is 31.0. The zero-order valence-corrected chi connectivity index (χ0v) is 25.1. The fraction of sp³-hybridized carbons (Fsp3) is 0.469. The Morgan fingerprint density at radius 1 is 1.10 bits per heavy atom. The van der Waals surface area contributed by atoms with Gasteiger partial charge in [0.05, 0.1) is 36.6 Å². The Morgan fingerprint density at radius 2 is 1.90 bits per heavy atom. The minimum Gasteiger partial charge on any atom is -0.463 e. The van der Waals surface area contributed by atoms with E-state index < -0.39 is 0 Å². The summed E-state index contributed by atoms with van der Waals surface area (Å²) < 4.78 is 11.9. The van der Waals surface area contributed by atoms with E-state index in [2.05, 4.69) is 52.5 Å². The maximum Gasteiger partial charge on any atom is 0.318 e. The normalized spacial score (nSPS) is 19.6. The van der Waals surface area contributed by atoms with Crippen molar-refractivity contribution in [1.29, 1.82) is 0 Å². The number of rotatable bonds is 8. The smallest absolute Gasteiger partial charge is 0.318 e. The minimum atomic E-state index is -0.0255. The molecule has 0 saturated carbocycles. The maximum absolute atomic E-state index is 12.2. The number of amides is 1. The van der Waals surface area contributed by atoms with Crippen molar-refractivity contribution in [2.24, 2.45) is 0 Å². The molecule has 1 atom stereocenters. The third-order valence-electron chi connectivity index (χ3n) is 8.44. The highest BCUT2D eigenvalue weighted by molar-refractivity contribution is 6.36. The topological polar surface area (TPSA) is 74.3 Å². The van der Waals surface area contributed by atoms with Crippen molar-refractivity contribution in [3.05, 3.63) is 65.3 Å². The quantitative estimate of drug-likeness (QED) is 0.286. The van der Waals surface area contributed by atoms with Gasteiger partial charge in [0.1, 0.15) is 5.82 Å². The monoisotopic (exact) mass is 590 g/mol. The number of morpholine rings is 1. The van der Waals surface area contributed by atoms with Gasteiger partial charge in [0, 0.05) is 69.0 Å². The lowest BCUT2D eigenvalue weighted by molar-refractivity contribution is -0.126. The van der Waals surface area contributed by atoms with Gasteiger partial charge in [0.2, 0.25) is 5.91 Å². The third-order valence-corrected chi connectivity index (χ3v) is 8.75. The van der Waals surface area contributed by atoms with Crippen LogP contribution in [0.1, 0.15) is 24.6 Å². The van der Waals surface area contributed by atoms with E-state index in [1.807, 2.05) is 17.0 Å². The van der Waals surface area contributed by atoms with E-state index in [1.54, 1.807) is 0 Å². The molecule has 2 saturated heterocycles. The Balaban J connectivity index is 1.23. The molecule has 0 bridgehead atoms. The van der Waals surface area contributed by atoms with Crippen molar-refractivity contribution < 1.29 is 14.3 Å². The molecule has 6 rings (SSSR count). The van der Waals surface area contributed by atoms with Crippen molar-refractivity contribution >= 4 is 39.8 Å². The molecule has 0 aliphatic carbocycles. The summed E-state index contributed by atoms with van der Waals surface area (Å²) in [5.41, 5.74) is 3.26. The first-order valence-electron chi connectivity index (χ1n) is 14.9. The van der Waals surface area contributed by atoms with E-state index >= 15 is 0 Å². The third kappa shape index (κ3) is 6.19. The number of hydrogen-bond donors (Lipinski definition) is 0. The van der Waals surface area contributed by atoms with Crippen molar-refractivity contribution in [1.82, 2.24) is 19.8 Å². The molecule has 10 heteroatoms. The van der Waals surface area contributed by atoms with Crippen LogP contribution in [0.4, 0.5) is 11.5 Å². The predicted molar refractivity (Wildman–Crippen MR) is 167 cm³/mol. The van der Waals surface area contributed by atoms with Crippen LogP contribution in [0.2, 0.25) is 5.02 Å². The van der Waals surface area contributed by atoms with Crippen LogP contribution in [0.5, 0.6) is 6.01 Å². The number of ether oxygens (including phenoxy) is 2. The molecule has 0 N–H and O–H groups in total. The Labute approximate surface area is 252 Å². The van der Waals surface area contributed by atoms with Gasteiger partial charge in [-0.25, -0.2) is 0 Å². The van der Waals surface area contributed by atoms with Crippen molar-refractivity contribution in [3.8, 4) is 6.01 Å². The zero-order valence-electron chi connectivity index (χ0n) is 24.3. The number of halogens is 1. The van der Waals surface area contributed by atoms with Crippen LogP contribution in [0.3, 0.4) is 0 Å². The van der Waals surface area contributed by atoms with Crippen molar-refractivity contribution in [2.45, 2.75) is 32.4 Å². The minimum absolute atomic E-state index is 0.0255. The van der Waals surface area contributed by atoms with E-state index in [0.29, 0.717) is 45.3 Å². The number of aromatic nitrogens is 2. The molecule has 42 heavy (non-hydrogen) atoms. The molecule has 3 aliphatic heterocycles. The second kappa shape index (κ2) is 12.9. The average molecular weight is 591 g/mol. The number of piperazine rings is 1. The van der Waals surface area contributed by atoms with E-state index in [-0.39, 0.29) is 12.0 Å². The maximum atomic E-state index is 12.2. The Hall–Kier alpha value is -3.40. The summed E-state index contributed by atoms with van der Waals surface area (Å²) in [6.45, 7) is 14.1. The molecule has 1 aromatic heterocycles. The molecular weight excluding hydrogens is 552 g/mol. The molecule has 222 valence electrons. The van der Waals surface area contributed by atoms with Crippen LogP contribution in [0.25, 0.3) is 10.8 Å². The van der Waals surface area contributed by atoms with Gasteiger partial charge in [-0.3, -0.25) is 9.69 Å². The Bertz CT molecular complexity index is 1440. The standard InChI is InChI=1S/C32H39ClN6O3/c1-3-29(40)37-14-16-38(17-15-37)31-25-11-13-39(28-10-5-8-24-7-4-9-26(33)30(24)28)22-27(25)34-32(35-31)42-19-6-12-36-18-20-41-23(2)21-36/h3-5,7-10,23H,1,6,11-22H2,2H3/t23-/m0/s1. The predicted octanol–water partition coefficient (Wildman–Crippen LogP) is 4.17. The summed E-state index contributed by atoms with van der Waals surface area (Å²) >= 11 is 6.69. The number of hydrogen-bond acceptors (Lipinski definition) is 8. The SMILES string of the molecule is C=CC(=O)N1CCN(c2nc(OCCCN3CCO[C@@H](C)C3)nc3c2CCN(c2cccc4cccc(Cl)c24)C3)CC1. The molecular formula is C32H39ClN6O3. The van der Waals surface area contributed by atoms with Crippen LogP contribution >= 0.6 is 11.6 Å². The fourth-order valence-electron chi connectivity index (χ4n) is 6.27. The highest BCUT2D eigenvalue weighted by Gasteiger charge is 2.29. The van der Waals surface area contributed by atoms with E-state index in [4.69, 9.17) is 31.0 Å². The summed E-state index contributed by atoms with van der Waals surface area (Å²) in [6, 6.07) is 12.8. The highest BCUT2D eigenvalue weighted by atomic mass is 35.5. The van der Waals surface area contributed by atoms with Crippen LogP contribution in [0, 0.1) is 0 Å². The molecule has 4 heterocycles. The molecule has 3 aliphatic rings. The lowest BCUT2D eigenvalue weighted by Crippen LogP contribution is -2.49. The number of fused-ring (bicyclic) bond motifs is 2. The lowest BCUT2D eigenvalue weighted by Gasteiger charge is -2.38. The van der Waals surface area contributed by atoms with Crippen molar-refractivity contribution in [3.63, 3.8) is 0 Å². The van der Waals surface area contributed by atoms with Gasteiger partial charge in [-0.05, 0) is 43.4 Å². The van der Waals surface area contributed by atoms with Crippen molar-refractivity contribution in [2.75, 3.05) is 75.4 Å². The largest absolute Gasteiger partial charge is 0.463 e. The lowest BCUT2D eigenvalue weighted by atomic mass is 10.0. The second-order valence-electron chi connectivity index (χ2n) is 11.2. The summed E-state index contributed by atoms with van der Waals surface area (Å²) in [5, 5.41) is 2.94. The molecule has 1 amide bonds. The number of carbonyl (C=O) groups excluding carboxylic acids is 1. The van der Waals surface area contributed by atoms with Gasteiger partial charge in [0.15, 0.2) is 0 Å². The molecule has 0 spiro atoms. The summed E-state index contributed by atoms with van der Waals surface area (Å²) in [6.07, 6.45) is 3.37. The van der Waals surface area contributed by atoms with E-state index in [1.165, 1.54) is 6.08 Å². The number of nitrogens with zero attached hydrogens (tertiary/aromatic N) is 6. The second-order valence-corrected chi connectivity index (χ2v) is 11.6. The first kappa shape index (κ1) is 28.7. The first-order chi connectivity index (χ1) is 20.5. The van der Waals surface area contributed by atoms with E-state index in [9.17, 15) is 4.79 Å². The summed E-state index contributed by atoms with van der Waals surface area (Å²) in [5.74, 6) is 0.903. The Kier molecular flexibility index (Phi) is 8.79. The van der Waals surface area contributed by atoms with Gasteiger partial charge in [-0.1, -0.05) is 42.4 Å². The number of carbonyl (C=O) groups is 1.